The summed E-state index contributed by atoms with van der Waals surface area (Å²) in [6.07, 6.45) is 9.13. The molecular weight excluding hydrogens is 176 g/mol. The van der Waals surface area contributed by atoms with Gasteiger partial charge in [-0.3, -0.25) is 0 Å². The first-order chi connectivity index (χ1) is 5.91. The molecule has 74 valence electrons. The molecule has 0 saturated carbocycles. The van der Waals surface area contributed by atoms with Crippen LogP contribution in [0.25, 0.3) is 0 Å². The van der Waals surface area contributed by atoms with E-state index in [0.29, 0.717) is 19.0 Å². The monoisotopic (exact) mass is 202 g/mol. The second-order valence-electron chi connectivity index (χ2n) is 3.83. The highest BCUT2D eigenvalue weighted by Gasteiger charge is 1.90. The molecule has 0 aromatic rings. The molecule has 0 saturated heterocycles. The second-order valence-corrected chi connectivity index (χ2v) is 7.24. The fourth-order valence-corrected chi connectivity index (χ4v) is 3.27. The lowest BCUT2D eigenvalue weighted by Crippen LogP contribution is -1.84. The minimum atomic E-state index is 0.372. The standard InChI is InChI=1S/C10H26Si2/c1-11-9-7-5-3-4-6-8-10-12-2/h3-12H2,1-2H3. The van der Waals surface area contributed by atoms with Gasteiger partial charge in [0.1, 0.15) is 0 Å². The van der Waals surface area contributed by atoms with Crippen LogP contribution in [0.5, 0.6) is 0 Å². The minimum absolute atomic E-state index is 0.372. The zero-order valence-electron chi connectivity index (χ0n) is 9.07. The van der Waals surface area contributed by atoms with Crippen molar-refractivity contribution >= 4 is 19.0 Å². The number of hydrogen-bond donors (Lipinski definition) is 0. The van der Waals surface area contributed by atoms with Crippen LogP contribution in [0.4, 0.5) is 0 Å². The molecule has 12 heavy (non-hydrogen) atoms. The molecule has 0 fully saturated rings. The largest absolute Gasteiger partial charge is 0.0748 e. The van der Waals surface area contributed by atoms with E-state index < -0.39 is 0 Å². The van der Waals surface area contributed by atoms with E-state index in [1.807, 2.05) is 0 Å². The number of rotatable bonds is 9. The van der Waals surface area contributed by atoms with E-state index in [4.69, 9.17) is 0 Å². The van der Waals surface area contributed by atoms with Crippen LogP contribution in [0.15, 0.2) is 0 Å². The van der Waals surface area contributed by atoms with Gasteiger partial charge in [-0.05, 0) is 0 Å². The van der Waals surface area contributed by atoms with Crippen molar-refractivity contribution < 1.29 is 0 Å². The van der Waals surface area contributed by atoms with Crippen LogP contribution in [-0.2, 0) is 0 Å². The van der Waals surface area contributed by atoms with Gasteiger partial charge in [-0.25, -0.2) is 0 Å². The van der Waals surface area contributed by atoms with Gasteiger partial charge < -0.3 is 0 Å². The molecule has 0 aromatic heterocycles. The molecule has 0 radical (unpaired) electrons. The molecule has 0 nitrogen and oxygen atoms in total. The Hall–Kier alpha value is 0.434. The predicted octanol–water partition coefficient (Wildman–Crippen LogP) is 2.60. The highest BCUT2D eigenvalue weighted by molar-refractivity contribution is 6.33. The molecule has 0 bridgehead atoms. The average molecular weight is 202 g/mol. The lowest BCUT2D eigenvalue weighted by molar-refractivity contribution is 0.623. The minimum Gasteiger partial charge on any atom is -0.0748 e. The van der Waals surface area contributed by atoms with Crippen molar-refractivity contribution in [3.8, 4) is 0 Å². The molecule has 0 unspecified atom stereocenters. The first kappa shape index (κ1) is 12.4. The van der Waals surface area contributed by atoms with Crippen molar-refractivity contribution in [3.05, 3.63) is 0 Å². The summed E-state index contributed by atoms with van der Waals surface area (Å²) >= 11 is 0. The van der Waals surface area contributed by atoms with Crippen molar-refractivity contribution in [3.63, 3.8) is 0 Å². The van der Waals surface area contributed by atoms with Gasteiger partial charge in [0, 0.05) is 19.0 Å². The zero-order valence-corrected chi connectivity index (χ0v) is 11.9. The van der Waals surface area contributed by atoms with Crippen LogP contribution >= 0.6 is 0 Å². The summed E-state index contributed by atoms with van der Waals surface area (Å²) < 4.78 is 0. The first-order valence-electron chi connectivity index (χ1n) is 5.91. The smallest absolute Gasteiger partial charge is 0.0166 e. The molecule has 0 aliphatic carbocycles. The lowest BCUT2D eigenvalue weighted by atomic mass is 10.1. The normalized spacial score (nSPS) is 12.5. The summed E-state index contributed by atoms with van der Waals surface area (Å²) in [6, 6.07) is 3.17. The summed E-state index contributed by atoms with van der Waals surface area (Å²) in [5.74, 6) is 0. The topological polar surface area (TPSA) is 0 Å². The molecule has 0 rings (SSSR count). The van der Waals surface area contributed by atoms with E-state index in [-0.39, 0.29) is 0 Å². The van der Waals surface area contributed by atoms with Crippen molar-refractivity contribution in [1.82, 2.24) is 0 Å². The third-order valence-corrected chi connectivity index (χ3v) is 4.87. The lowest BCUT2D eigenvalue weighted by Gasteiger charge is -1.99. The summed E-state index contributed by atoms with van der Waals surface area (Å²) in [4.78, 5) is 0. The molecule has 0 heterocycles. The van der Waals surface area contributed by atoms with Crippen molar-refractivity contribution in [2.45, 2.75) is 63.7 Å². The Labute approximate surface area is 83.2 Å². The Balaban J connectivity index is 2.73. The Morgan fingerprint density at radius 2 is 0.917 bits per heavy atom. The molecule has 2 heteroatoms. The Bertz CT molecular complexity index is 64.2. The van der Waals surface area contributed by atoms with E-state index in [9.17, 15) is 0 Å². The maximum atomic E-state index is 2.42. The van der Waals surface area contributed by atoms with Gasteiger partial charge in [0.15, 0.2) is 0 Å². The SMILES string of the molecule is C[SiH2]CCCCCCCC[SiH2]C. The van der Waals surface area contributed by atoms with Crippen molar-refractivity contribution in [1.29, 1.82) is 0 Å². The van der Waals surface area contributed by atoms with E-state index in [2.05, 4.69) is 13.1 Å². The average Bonchev–Trinajstić information content (AvgIpc) is 2.10. The van der Waals surface area contributed by atoms with Crippen LogP contribution in [0.2, 0.25) is 25.2 Å². The fraction of sp³-hybridized carbons (Fsp3) is 1.00. The quantitative estimate of drug-likeness (QED) is 0.398. The molecular formula is C10H26Si2. The highest BCUT2D eigenvalue weighted by atomic mass is 28.2. The van der Waals surface area contributed by atoms with Gasteiger partial charge in [-0.15, -0.1) is 0 Å². The Kier molecular flexibility index (Phi) is 11.8. The van der Waals surface area contributed by atoms with Gasteiger partial charge >= 0.3 is 0 Å². The van der Waals surface area contributed by atoms with Gasteiger partial charge in [0.25, 0.3) is 0 Å². The number of unbranched alkanes of at least 4 members (excludes halogenated alkanes) is 5. The van der Waals surface area contributed by atoms with Crippen LogP contribution in [-0.4, -0.2) is 19.0 Å². The van der Waals surface area contributed by atoms with E-state index in [1.54, 1.807) is 12.1 Å². The highest BCUT2D eigenvalue weighted by Crippen LogP contribution is 2.08. The van der Waals surface area contributed by atoms with Gasteiger partial charge in [-0.1, -0.05) is 63.7 Å². The maximum Gasteiger partial charge on any atom is 0.0166 e. The third-order valence-electron chi connectivity index (χ3n) is 2.46. The summed E-state index contributed by atoms with van der Waals surface area (Å²) in [6.45, 7) is 4.84. The maximum absolute atomic E-state index is 2.42. The third kappa shape index (κ3) is 10.4. The van der Waals surface area contributed by atoms with Gasteiger partial charge in [0.2, 0.25) is 0 Å². The fourth-order valence-electron chi connectivity index (χ4n) is 1.56. The summed E-state index contributed by atoms with van der Waals surface area (Å²) in [5, 5.41) is 0. The van der Waals surface area contributed by atoms with Crippen molar-refractivity contribution in [2.75, 3.05) is 0 Å². The second kappa shape index (κ2) is 11.4. The predicted molar refractivity (Wildman–Crippen MR) is 66.1 cm³/mol. The van der Waals surface area contributed by atoms with E-state index in [0.717, 1.165) is 0 Å². The van der Waals surface area contributed by atoms with Crippen LogP contribution in [0.3, 0.4) is 0 Å². The number of hydrogen-bond acceptors (Lipinski definition) is 0. The van der Waals surface area contributed by atoms with Crippen LogP contribution in [0, 0.1) is 0 Å². The van der Waals surface area contributed by atoms with E-state index in [1.165, 1.54) is 38.5 Å². The Morgan fingerprint density at radius 3 is 1.25 bits per heavy atom. The molecule has 0 spiro atoms. The molecule has 0 amide bonds. The van der Waals surface area contributed by atoms with Crippen LogP contribution < -0.4 is 0 Å². The first-order valence-corrected chi connectivity index (χ1v) is 10.7. The summed E-state index contributed by atoms with van der Waals surface area (Å²) in [5.41, 5.74) is 0. The summed E-state index contributed by atoms with van der Waals surface area (Å²) in [7, 11) is 0.744. The van der Waals surface area contributed by atoms with Crippen LogP contribution in [0.1, 0.15) is 38.5 Å². The van der Waals surface area contributed by atoms with Gasteiger partial charge in [0.05, 0.1) is 0 Å². The molecule has 0 aliphatic rings. The molecule has 0 atom stereocenters. The van der Waals surface area contributed by atoms with Gasteiger partial charge in [-0.2, -0.15) is 0 Å². The zero-order chi connectivity index (χ0) is 9.07. The van der Waals surface area contributed by atoms with Crippen molar-refractivity contribution in [2.24, 2.45) is 0 Å². The molecule has 0 aromatic carbocycles. The Morgan fingerprint density at radius 1 is 0.583 bits per heavy atom. The molecule has 0 N–H and O–H groups in total. The molecule has 0 aliphatic heterocycles. The van der Waals surface area contributed by atoms with E-state index >= 15 is 0 Å².